The molecule has 158 valence electrons. The van der Waals surface area contributed by atoms with Crippen LogP contribution in [0.1, 0.15) is 35.1 Å². The monoisotopic (exact) mass is 433 g/mol. The van der Waals surface area contributed by atoms with Gasteiger partial charge in [0.15, 0.2) is 5.16 Å². The summed E-state index contributed by atoms with van der Waals surface area (Å²) in [7, 11) is 1.34. The topological polar surface area (TPSA) is 84.1 Å². The Kier molecular flexibility index (Phi) is 5.95. The summed E-state index contributed by atoms with van der Waals surface area (Å²) in [5.74, 6) is 0.124. The highest BCUT2D eigenvalue weighted by molar-refractivity contribution is 7.98. The smallest absolute Gasteiger partial charge is 0.336 e. The lowest BCUT2D eigenvalue weighted by atomic mass is 9.82. The molecule has 3 aromatic rings. The first-order valence-corrected chi connectivity index (χ1v) is 10.9. The second-order valence-corrected chi connectivity index (χ2v) is 8.37. The fourth-order valence-corrected chi connectivity index (χ4v) is 4.51. The van der Waals surface area contributed by atoms with Crippen LogP contribution in [0, 0.1) is 6.92 Å². The van der Waals surface area contributed by atoms with E-state index in [2.05, 4.69) is 15.3 Å². The molecule has 0 bridgehead atoms. The number of rotatable bonds is 5. The molecule has 0 aliphatic carbocycles. The Bertz CT molecular complexity index is 1200. The van der Waals surface area contributed by atoms with E-state index in [4.69, 9.17) is 4.74 Å². The van der Waals surface area contributed by atoms with Gasteiger partial charge in [0.25, 0.3) is 5.56 Å². The van der Waals surface area contributed by atoms with Crippen LogP contribution in [0.15, 0.2) is 75.8 Å². The number of H-pyrrole nitrogens is 1. The largest absolute Gasteiger partial charge is 0.466 e. The molecule has 31 heavy (non-hydrogen) atoms. The Labute approximate surface area is 184 Å². The number of fused-ring (bicyclic) bond motifs is 1. The number of aromatic nitrogens is 2. The SMILES string of the molecule is COC(=O)C1=C(C)Nc2nc(SCc3ccccc3)[nH]c(=O)c2C1c1ccc(C)cc1. The first-order chi connectivity index (χ1) is 15.0. The summed E-state index contributed by atoms with van der Waals surface area (Å²) in [5.41, 5.74) is 4.26. The summed E-state index contributed by atoms with van der Waals surface area (Å²) in [5, 5.41) is 3.68. The van der Waals surface area contributed by atoms with Gasteiger partial charge in [-0.25, -0.2) is 9.78 Å². The lowest BCUT2D eigenvalue weighted by molar-refractivity contribution is -0.136. The Balaban J connectivity index is 1.77. The van der Waals surface area contributed by atoms with Crippen LogP contribution in [0.4, 0.5) is 5.82 Å². The van der Waals surface area contributed by atoms with Gasteiger partial charge in [0, 0.05) is 11.4 Å². The zero-order valence-corrected chi connectivity index (χ0v) is 18.4. The van der Waals surface area contributed by atoms with Crippen molar-refractivity contribution in [2.45, 2.75) is 30.7 Å². The van der Waals surface area contributed by atoms with Gasteiger partial charge in [-0.3, -0.25) is 4.79 Å². The molecule has 0 fully saturated rings. The third kappa shape index (κ3) is 4.27. The Hall–Kier alpha value is -3.32. The molecule has 0 saturated heterocycles. The van der Waals surface area contributed by atoms with E-state index in [1.54, 1.807) is 6.92 Å². The van der Waals surface area contributed by atoms with Crippen molar-refractivity contribution in [2.75, 3.05) is 12.4 Å². The summed E-state index contributed by atoms with van der Waals surface area (Å²) >= 11 is 1.46. The molecule has 0 amide bonds. The third-order valence-corrected chi connectivity index (χ3v) is 6.20. The van der Waals surface area contributed by atoms with Crippen molar-refractivity contribution in [3.8, 4) is 0 Å². The number of anilines is 1. The highest BCUT2D eigenvalue weighted by atomic mass is 32.2. The number of allylic oxidation sites excluding steroid dienone is 1. The molecule has 6 nitrogen and oxygen atoms in total. The van der Waals surface area contributed by atoms with Gasteiger partial charge in [0.05, 0.1) is 24.2 Å². The third-order valence-electron chi connectivity index (χ3n) is 5.26. The maximum atomic E-state index is 13.2. The van der Waals surface area contributed by atoms with E-state index in [1.165, 1.54) is 18.9 Å². The van der Waals surface area contributed by atoms with Crippen molar-refractivity contribution < 1.29 is 9.53 Å². The molecule has 7 heteroatoms. The molecule has 1 aromatic heterocycles. The predicted octanol–water partition coefficient (Wildman–Crippen LogP) is 4.38. The number of benzene rings is 2. The minimum atomic E-state index is -0.561. The minimum Gasteiger partial charge on any atom is -0.466 e. The lowest BCUT2D eigenvalue weighted by Crippen LogP contribution is -2.31. The molecular weight excluding hydrogens is 410 g/mol. The fourth-order valence-electron chi connectivity index (χ4n) is 3.70. The van der Waals surface area contributed by atoms with Crippen LogP contribution in [0.5, 0.6) is 0 Å². The zero-order valence-electron chi connectivity index (χ0n) is 17.6. The number of aryl methyl sites for hydroxylation is 1. The van der Waals surface area contributed by atoms with Crippen molar-refractivity contribution in [3.05, 3.63) is 98.5 Å². The van der Waals surface area contributed by atoms with Crippen molar-refractivity contribution in [3.63, 3.8) is 0 Å². The maximum Gasteiger partial charge on any atom is 0.336 e. The van der Waals surface area contributed by atoms with E-state index in [9.17, 15) is 9.59 Å². The number of hydrogen-bond acceptors (Lipinski definition) is 6. The number of carbonyl (C=O) groups is 1. The second kappa shape index (κ2) is 8.81. The fraction of sp³-hybridized carbons (Fsp3) is 0.208. The van der Waals surface area contributed by atoms with Crippen LogP contribution >= 0.6 is 11.8 Å². The van der Waals surface area contributed by atoms with Crippen molar-refractivity contribution in [2.24, 2.45) is 0 Å². The van der Waals surface area contributed by atoms with Gasteiger partial charge in [0.2, 0.25) is 0 Å². The van der Waals surface area contributed by atoms with E-state index in [0.717, 1.165) is 16.7 Å². The van der Waals surface area contributed by atoms with Crippen molar-refractivity contribution in [1.29, 1.82) is 0 Å². The molecule has 4 rings (SSSR count). The van der Waals surface area contributed by atoms with Crippen LogP contribution in [0.3, 0.4) is 0 Å². The summed E-state index contributed by atoms with van der Waals surface area (Å²) in [6.45, 7) is 3.79. The minimum absolute atomic E-state index is 0.271. The van der Waals surface area contributed by atoms with E-state index in [0.29, 0.717) is 33.6 Å². The van der Waals surface area contributed by atoms with Crippen LogP contribution in [0.25, 0.3) is 0 Å². The number of ether oxygens (including phenoxy) is 1. The summed E-state index contributed by atoms with van der Waals surface area (Å²) in [6.07, 6.45) is 0. The lowest BCUT2D eigenvalue weighted by Gasteiger charge is -2.28. The molecule has 2 heterocycles. The highest BCUT2D eigenvalue weighted by Gasteiger charge is 2.36. The van der Waals surface area contributed by atoms with Gasteiger partial charge in [-0.2, -0.15) is 0 Å². The molecule has 1 atom stereocenters. The molecule has 0 radical (unpaired) electrons. The maximum absolute atomic E-state index is 13.2. The standard InChI is InChI=1S/C24H23N3O3S/c1-14-9-11-17(12-10-14)19-18(23(29)30-3)15(2)25-21-20(19)22(28)27-24(26-21)31-13-16-7-5-4-6-8-16/h4-12,19H,13H2,1-3H3,(H2,25,26,27,28). The van der Waals surface area contributed by atoms with Gasteiger partial charge in [-0.05, 0) is 25.0 Å². The molecule has 0 spiro atoms. The summed E-state index contributed by atoms with van der Waals surface area (Å²) in [6, 6.07) is 17.8. The van der Waals surface area contributed by atoms with Gasteiger partial charge in [0.1, 0.15) is 5.82 Å². The number of methoxy groups -OCH3 is 1. The van der Waals surface area contributed by atoms with Gasteiger partial charge in [-0.15, -0.1) is 0 Å². The van der Waals surface area contributed by atoms with Crippen LogP contribution in [-0.4, -0.2) is 23.0 Å². The van der Waals surface area contributed by atoms with Gasteiger partial charge < -0.3 is 15.0 Å². The first kappa shape index (κ1) is 20.9. The molecular formula is C24H23N3O3S. The number of carbonyl (C=O) groups excluding carboxylic acids is 1. The number of hydrogen-bond donors (Lipinski definition) is 2. The van der Waals surface area contributed by atoms with Crippen molar-refractivity contribution in [1.82, 2.24) is 9.97 Å². The van der Waals surface area contributed by atoms with Gasteiger partial charge in [-0.1, -0.05) is 71.9 Å². The predicted molar refractivity (Wildman–Crippen MR) is 122 cm³/mol. The second-order valence-electron chi connectivity index (χ2n) is 7.41. The average Bonchev–Trinajstić information content (AvgIpc) is 2.77. The molecule has 2 N–H and O–H groups in total. The number of aromatic amines is 1. The Morgan fingerprint density at radius 3 is 2.48 bits per heavy atom. The average molecular weight is 434 g/mol. The van der Waals surface area contributed by atoms with E-state index in [-0.39, 0.29) is 5.56 Å². The number of nitrogens with zero attached hydrogens (tertiary/aromatic N) is 1. The van der Waals surface area contributed by atoms with E-state index < -0.39 is 11.9 Å². The quantitative estimate of drug-likeness (QED) is 0.353. The van der Waals surface area contributed by atoms with Crippen LogP contribution in [-0.2, 0) is 15.3 Å². The summed E-state index contributed by atoms with van der Waals surface area (Å²) < 4.78 is 5.03. The Morgan fingerprint density at radius 1 is 1.10 bits per heavy atom. The molecule has 2 aromatic carbocycles. The first-order valence-electron chi connectivity index (χ1n) is 9.91. The van der Waals surface area contributed by atoms with Crippen LogP contribution in [0.2, 0.25) is 0 Å². The van der Waals surface area contributed by atoms with Crippen LogP contribution < -0.4 is 10.9 Å². The van der Waals surface area contributed by atoms with E-state index in [1.807, 2.05) is 61.5 Å². The van der Waals surface area contributed by atoms with Gasteiger partial charge >= 0.3 is 5.97 Å². The van der Waals surface area contributed by atoms with E-state index >= 15 is 0 Å². The highest BCUT2D eigenvalue weighted by Crippen LogP contribution is 2.40. The molecule has 1 aliphatic rings. The zero-order chi connectivity index (χ0) is 22.0. The number of thioether (sulfide) groups is 1. The summed E-state index contributed by atoms with van der Waals surface area (Å²) in [4.78, 5) is 33.4. The number of esters is 1. The van der Waals surface area contributed by atoms with Crippen molar-refractivity contribution >= 4 is 23.5 Å². The molecule has 1 unspecified atom stereocenters. The number of nitrogens with one attached hydrogen (secondary N) is 2. The molecule has 1 aliphatic heterocycles. The Morgan fingerprint density at radius 2 is 1.81 bits per heavy atom. The normalized spacial score (nSPS) is 15.3. The molecule has 0 saturated carbocycles.